The molecule has 4 heteroatoms. The van der Waals surface area contributed by atoms with Crippen LogP contribution in [0, 0.1) is 0 Å². The summed E-state index contributed by atoms with van der Waals surface area (Å²) in [6, 6.07) is 0. The zero-order valence-corrected chi connectivity index (χ0v) is 6.22. The molecule has 0 amide bonds. The fourth-order valence-electron chi connectivity index (χ4n) is 0.480. The van der Waals surface area contributed by atoms with E-state index in [0.717, 1.165) is 0 Å². The van der Waals surface area contributed by atoms with E-state index < -0.39 is 0 Å². The Balaban J connectivity index is 3.91. The highest BCUT2D eigenvalue weighted by molar-refractivity contribution is 5.94. The van der Waals surface area contributed by atoms with E-state index in [1.807, 2.05) is 12.4 Å². The smallest absolute Gasteiger partial charge is 0.187 e. The highest BCUT2D eigenvalue weighted by Gasteiger charge is 2.00. The van der Waals surface area contributed by atoms with Gasteiger partial charge in [0.05, 0.1) is 6.61 Å². The summed E-state index contributed by atoms with van der Waals surface area (Å²) in [5.74, 6) is 0.592. The van der Waals surface area contributed by atoms with E-state index in [-0.39, 0.29) is 5.84 Å². The van der Waals surface area contributed by atoms with Crippen LogP contribution in [0.3, 0.4) is 0 Å². The van der Waals surface area contributed by atoms with Crippen molar-refractivity contribution in [3.05, 3.63) is 12.3 Å². The minimum Gasteiger partial charge on any atom is -0.491 e. The van der Waals surface area contributed by atoms with Gasteiger partial charge in [-0.05, 0) is 6.92 Å². The molecule has 58 valence electrons. The summed E-state index contributed by atoms with van der Waals surface area (Å²) in [6.07, 6.45) is 0. The van der Waals surface area contributed by atoms with Gasteiger partial charge in [-0.25, -0.2) is 5.48 Å². The Morgan fingerprint density at radius 1 is 1.80 bits per heavy atom. The lowest BCUT2D eigenvalue weighted by Gasteiger charge is -2.06. The number of ether oxygens (including phenoxy) is 1. The molecule has 0 bridgehead atoms. The number of amidine groups is 1. The Morgan fingerprint density at radius 3 is 2.70 bits per heavy atom. The molecular formula is C6H12N2O2. The van der Waals surface area contributed by atoms with E-state index in [1.165, 1.54) is 7.05 Å². The standard InChI is InChI=1S/C6H12N2O2/c1-4-10-5(2)6(7-3)8-9/h9H,2,4H2,1,3H3,(H,7,8). The Bertz CT molecular complexity index is 143. The van der Waals surface area contributed by atoms with Gasteiger partial charge in [0.2, 0.25) is 0 Å². The quantitative estimate of drug-likeness (QED) is 0.263. The first-order chi connectivity index (χ1) is 4.76. The Labute approximate surface area is 60.2 Å². The average Bonchev–Trinajstić information content (AvgIpc) is 1.91. The Kier molecular flexibility index (Phi) is 4.32. The van der Waals surface area contributed by atoms with E-state index in [1.54, 1.807) is 0 Å². The van der Waals surface area contributed by atoms with Gasteiger partial charge in [0.15, 0.2) is 11.6 Å². The van der Waals surface area contributed by atoms with Gasteiger partial charge in [0.1, 0.15) is 0 Å². The predicted octanol–water partition coefficient (Wildman–Crippen LogP) is 0.544. The zero-order chi connectivity index (χ0) is 7.98. The first-order valence-corrected chi connectivity index (χ1v) is 2.95. The number of aliphatic imine (C=N–C) groups is 1. The molecule has 0 unspecified atom stereocenters. The minimum atomic E-state index is 0.252. The zero-order valence-electron chi connectivity index (χ0n) is 6.22. The van der Waals surface area contributed by atoms with Crippen molar-refractivity contribution in [2.45, 2.75) is 6.92 Å². The number of nitrogens with one attached hydrogen (secondary N) is 1. The van der Waals surface area contributed by atoms with Crippen molar-refractivity contribution in [3.63, 3.8) is 0 Å². The SMILES string of the molecule is C=C(OCC)C(=NC)NO. The number of hydroxylamine groups is 1. The number of rotatable bonds is 3. The average molecular weight is 144 g/mol. The van der Waals surface area contributed by atoms with Crippen molar-refractivity contribution in [3.8, 4) is 0 Å². The summed E-state index contributed by atoms with van der Waals surface area (Å²) in [7, 11) is 1.53. The van der Waals surface area contributed by atoms with E-state index in [2.05, 4.69) is 11.6 Å². The summed E-state index contributed by atoms with van der Waals surface area (Å²) in [4.78, 5) is 3.66. The van der Waals surface area contributed by atoms with Crippen LogP contribution in [0.15, 0.2) is 17.3 Å². The van der Waals surface area contributed by atoms with Crippen LogP contribution >= 0.6 is 0 Å². The highest BCUT2D eigenvalue weighted by atomic mass is 16.5. The third kappa shape index (κ3) is 2.50. The van der Waals surface area contributed by atoms with Gasteiger partial charge in [0, 0.05) is 7.05 Å². The third-order valence-electron chi connectivity index (χ3n) is 0.912. The van der Waals surface area contributed by atoms with Gasteiger partial charge < -0.3 is 4.74 Å². The normalized spacial score (nSPS) is 10.9. The molecule has 0 aliphatic rings. The highest BCUT2D eigenvalue weighted by Crippen LogP contribution is 1.93. The molecule has 0 saturated heterocycles. The molecule has 0 aromatic rings. The molecular weight excluding hydrogens is 132 g/mol. The molecule has 0 aliphatic heterocycles. The van der Waals surface area contributed by atoms with E-state index >= 15 is 0 Å². The molecule has 0 saturated carbocycles. The van der Waals surface area contributed by atoms with Crippen LogP contribution < -0.4 is 5.48 Å². The molecule has 0 spiro atoms. The molecule has 0 heterocycles. The van der Waals surface area contributed by atoms with Gasteiger partial charge in [-0.15, -0.1) is 0 Å². The molecule has 0 aromatic carbocycles. The first kappa shape index (κ1) is 8.97. The van der Waals surface area contributed by atoms with Crippen molar-refractivity contribution in [1.82, 2.24) is 5.48 Å². The Hall–Kier alpha value is -1.03. The fourth-order valence-corrected chi connectivity index (χ4v) is 0.480. The summed E-state index contributed by atoms with van der Waals surface area (Å²) in [6.45, 7) is 5.85. The first-order valence-electron chi connectivity index (χ1n) is 2.95. The van der Waals surface area contributed by atoms with Crippen LogP contribution in [0.2, 0.25) is 0 Å². The summed E-state index contributed by atoms with van der Waals surface area (Å²) >= 11 is 0. The van der Waals surface area contributed by atoms with Gasteiger partial charge in [-0.1, -0.05) is 6.58 Å². The monoisotopic (exact) mass is 144 g/mol. The van der Waals surface area contributed by atoms with Gasteiger partial charge >= 0.3 is 0 Å². The Morgan fingerprint density at radius 2 is 2.40 bits per heavy atom. The van der Waals surface area contributed by atoms with E-state index in [9.17, 15) is 0 Å². The van der Waals surface area contributed by atoms with Crippen LogP contribution in [-0.4, -0.2) is 24.7 Å². The number of hydrogen-bond acceptors (Lipinski definition) is 3. The third-order valence-corrected chi connectivity index (χ3v) is 0.912. The fraction of sp³-hybridized carbons (Fsp3) is 0.500. The molecule has 4 nitrogen and oxygen atoms in total. The maximum atomic E-state index is 8.40. The molecule has 2 N–H and O–H groups in total. The molecule has 0 radical (unpaired) electrons. The molecule has 0 aromatic heterocycles. The summed E-state index contributed by atoms with van der Waals surface area (Å²) < 4.78 is 4.94. The van der Waals surface area contributed by atoms with Crippen molar-refractivity contribution in [2.75, 3.05) is 13.7 Å². The number of hydrogen-bond donors (Lipinski definition) is 2. The van der Waals surface area contributed by atoms with Crippen molar-refractivity contribution >= 4 is 5.84 Å². The van der Waals surface area contributed by atoms with Crippen LogP contribution in [-0.2, 0) is 4.74 Å². The van der Waals surface area contributed by atoms with Crippen LogP contribution in [0.25, 0.3) is 0 Å². The minimum absolute atomic E-state index is 0.252. The number of nitrogens with zero attached hydrogens (tertiary/aromatic N) is 1. The van der Waals surface area contributed by atoms with E-state index in [0.29, 0.717) is 12.4 Å². The molecule has 0 atom stereocenters. The van der Waals surface area contributed by atoms with Crippen LogP contribution in [0.1, 0.15) is 6.92 Å². The van der Waals surface area contributed by atoms with Gasteiger partial charge in [0.25, 0.3) is 0 Å². The lowest BCUT2D eigenvalue weighted by molar-refractivity contribution is 0.211. The second-order valence-electron chi connectivity index (χ2n) is 1.54. The molecule has 0 rings (SSSR count). The second kappa shape index (κ2) is 4.81. The summed E-state index contributed by atoms with van der Waals surface area (Å²) in [5, 5.41) is 8.40. The van der Waals surface area contributed by atoms with Crippen molar-refractivity contribution in [1.29, 1.82) is 0 Å². The second-order valence-corrected chi connectivity index (χ2v) is 1.54. The largest absolute Gasteiger partial charge is 0.491 e. The van der Waals surface area contributed by atoms with Crippen LogP contribution in [0.5, 0.6) is 0 Å². The lowest BCUT2D eigenvalue weighted by atomic mass is 10.5. The summed E-state index contributed by atoms with van der Waals surface area (Å²) in [5.41, 5.74) is 1.86. The van der Waals surface area contributed by atoms with E-state index in [4.69, 9.17) is 9.94 Å². The van der Waals surface area contributed by atoms with Crippen molar-refractivity contribution in [2.24, 2.45) is 4.99 Å². The molecule has 0 fully saturated rings. The topological polar surface area (TPSA) is 53.8 Å². The predicted molar refractivity (Wildman–Crippen MR) is 39.0 cm³/mol. The lowest BCUT2D eigenvalue weighted by Crippen LogP contribution is -2.22. The van der Waals surface area contributed by atoms with Gasteiger partial charge in [-0.2, -0.15) is 0 Å². The van der Waals surface area contributed by atoms with Crippen LogP contribution in [0.4, 0.5) is 0 Å². The van der Waals surface area contributed by atoms with Gasteiger partial charge in [-0.3, -0.25) is 10.2 Å². The maximum absolute atomic E-state index is 8.40. The van der Waals surface area contributed by atoms with Crippen molar-refractivity contribution < 1.29 is 9.94 Å². The molecule has 10 heavy (non-hydrogen) atoms. The molecule has 0 aliphatic carbocycles. The maximum Gasteiger partial charge on any atom is 0.187 e.